The number of H-pyrrole nitrogens is 1. The highest BCUT2D eigenvalue weighted by molar-refractivity contribution is 6.18. The third-order valence-electron chi connectivity index (χ3n) is 2.05. The summed E-state index contributed by atoms with van der Waals surface area (Å²) >= 11 is 5.67. The number of hydrogen-bond donors (Lipinski definition) is 1. The quantitative estimate of drug-likeness (QED) is 0.732. The predicted molar refractivity (Wildman–Crippen MR) is 55.3 cm³/mol. The lowest BCUT2D eigenvalue weighted by Crippen LogP contribution is -1.84. The third-order valence-corrected chi connectivity index (χ3v) is 2.24. The molecule has 1 aromatic carbocycles. The van der Waals surface area contributed by atoms with Crippen LogP contribution in [0.4, 0.5) is 0 Å². The van der Waals surface area contributed by atoms with Crippen molar-refractivity contribution >= 4 is 22.6 Å². The number of hydrogen-bond acceptors (Lipinski definition) is 1. The van der Waals surface area contributed by atoms with Crippen LogP contribution in [0, 0.1) is 6.92 Å². The highest BCUT2D eigenvalue weighted by Gasteiger charge is 1.99. The van der Waals surface area contributed by atoms with E-state index < -0.39 is 0 Å². The molecule has 1 heterocycles. The lowest BCUT2D eigenvalue weighted by molar-refractivity contribution is 1.15. The summed E-state index contributed by atoms with van der Waals surface area (Å²) < 4.78 is 0. The van der Waals surface area contributed by atoms with E-state index in [2.05, 4.69) is 22.1 Å². The van der Waals surface area contributed by atoms with Gasteiger partial charge < -0.3 is 4.98 Å². The zero-order valence-corrected chi connectivity index (χ0v) is 8.23. The second-order valence-electron chi connectivity index (χ2n) is 3.11. The van der Waals surface area contributed by atoms with Crippen molar-refractivity contribution in [1.29, 1.82) is 0 Å². The van der Waals surface area contributed by atoms with Gasteiger partial charge in [-0.3, -0.25) is 0 Å². The largest absolute Gasteiger partial charge is 0.342 e. The Bertz CT molecular complexity index is 420. The summed E-state index contributed by atoms with van der Waals surface area (Å²) in [5.74, 6) is 1.62. The molecule has 68 valence electrons. The number of halogens is 1. The van der Waals surface area contributed by atoms with Crippen LogP contribution < -0.4 is 0 Å². The maximum absolute atomic E-state index is 5.67. The molecule has 0 spiro atoms. The van der Waals surface area contributed by atoms with E-state index in [0.717, 1.165) is 23.3 Å². The Morgan fingerprint density at radius 3 is 3.08 bits per heavy atom. The minimum absolute atomic E-state index is 0.665. The second-order valence-corrected chi connectivity index (χ2v) is 3.49. The van der Waals surface area contributed by atoms with Crippen molar-refractivity contribution in [3.8, 4) is 0 Å². The van der Waals surface area contributed by atoms with Crippen LogP contribution in [-0.2, 0) is 6.42 Å². The average Bonchev–Trinajstić information content (AvgIpc) is 2.44. The van der Waals surface area contributed by atoms with Gasteiger partial charge in [0.05, 0.1) is 11.0 Å². The summed E-state index contributed by atoms with van der Waals surface area (Å²) in [7, 11) is 0. The van der Waals surface area contributed by atoms with Crippen molar-refractivity contribution in [1.82, 2.24) is 9.97 Å². The number of nitrogens with zero attached hydrogens (tertiary/aromatic N) is 1. The van der Waals surface area contributed by atoms with E-state index in [1.54, 1.807) is 0 Å². The molecular weight excluding hydrogens is 184 g/mol. The van der Waals surface area contributed by atoms with Crippen molar-refractivity contribution in [3.63, 3.8) is 0 Å². The topological polar surface area (TPSA) is 28.7 Å². The first-order chi connectivity index (χ1) is 6.29. The van der Waals surface area contributed by atoms with Crippen LogP contribution in [-0.4, -0.2) is 15.8 Å². The number of fused-ring (bicyclic) bond motifs is 1. The van der Waals surface area contributed by atoms with Crippen LogP contribution in [0.3, 0.4) is 0 Å². The Morgan fingerprint density at radius 1 is 1.46 bits per heavy atom. The van der Waals surface area contributed by atoms with Gasteiger partial charge in [0.25, 0.3) is 0 Å². The van der Waals surface area contributed by atoms with E-state index in [1.807, 2.05) is 13.0 Å². The Kier molecular flexibility index (Phi) is 2.23. The molecule has 0 saturated carbocycles. The molecule has 0 aliphatic carbocycles. The third kappa shape index (κ3) is 1.68. The van der Waals surface area contributed by atoms with Crippen molar-refractivity contribution in [2.75, 3.05) is 5.88 Å². The summed E-state index contributed by atoms with van der Waals surface area (Å²) in [4.78, 5) is 7.53. The highest BCUT2D eigenvalue weighted by Crippen LogP contribution is 2.13. The van der Waals surface area contributed by atoms with Gasteiger partial charge in [0.15, 0.2) is 0 Å². The van der Waals surface area contributed by atoms with Crippen LogP contribution in [0.2, 0.25) is 0 Å². The number of aryl methyl sites for hydroxylation is 2. The fourth-order valence-corrected chi connectivity index (χ4v) is 1.67. The number of imidazole rings is 1. The van der Waals surface area contributed by atoms with Crippen molar-refractivity contribution in [3.05, 3.63) is 29.6 Å². The molecule has 0 bridgehead atoms. The average molecular weight is 195 g/mol. The summed E-state index contributed by atoms with van der Waals surface area (Å²) in [6.07, 6.45) is 0.912. The Labute approximate surface area is 81.9 Å². The van der Waals surface area contributed by atoms with E-state index in [4.69, 9.17) is 11.6 Å². The Morgan fingerprint density at radius 2 is 2.31 bits per heavy atom. The summed E-state index contributed by atoms with van der Waals surface area (Å²) in [6.45, 7) is 1.96. The molecule has 0 unspecified atom stereocenters. The lowest BCUT2D eigenvalue weighted by Gasteiger charge is -1.95. The number of rotatable bonds is 2. The normalized spacial score (nSPS) is 10.9. The van der Waals surface area contributed by atoms with E-state index in [9.17, 15) is 0 Å². The number of alkyl halides is 1. The first-order valence-corrected chi connectivity index (χ1v) is 4.84. The van der Waals surface area contributed by atoms with Gasteiger partial charge in [-0.05, 0) is 31.0 Å². The lowest BCUT2D eigenvalue weighted by atomic mass is 10.1. The highest BCUT2D eigenvalue weighted by atomic mass is 35.5. The fourth-order valence-electron chi connectivity index (χ4n) is 1.45. The number of aromatic nitrogens is 2. The Hall–Kier alpha value is -1.02. The van der Waals surface area contributed by atoms with Gasteiger partial charge in [0.2, 0.25) is 0 Å². The van der Waals surface area contributed by atoms with Gasteiger partial charge in [0.1, 0.15) is 5.82 Å². The molecule has 1 N–H and O–H groups in total. The van der Waals surface area contributed by atoms with Crippen molar-refractivity contribution < 1.29 is 0 Å². The second kappa shape index (κ2) is 3.38. The van der Waals surface area contributed by atoms with Crippen molar-refractivity contribution in [2.24, 2.45) is 0 Å². The summed E-state index contributed by atoms with van der Waals surface area (Å²) in [5, 5.41) is 0. The van der Waals surface area contributed by atoms with Crippen LogP contribution in [0.5, 0.6) is 0 Å². The molecule has 1 aromatic heterocycles. The van der Waals surface area contributed by atoms with Gasteiger partial charge in [0, 0.05) is 5.88 Å². The smallest absolute Gasteiger partial charge is 0.104 e. The van der Waals surface area contributed by atoms with Gasteiger partial charge in [-0.1, -0.05) is 6.07 Å². The maximum Gasteiger partial charge on any atom is 0.104 e. The molecule has 0 atom stereocenters. The Balaban J connectivity index is 2.48. The standard InChI is InChI=1S/C10H11ClN2/c1-7-12-9-3-2-8(4-5-11)6-10(9)13-7/h2-3,6H,4-5H2,1H3,(H,12,13). The predicted octanol–water partition coefficient (Wildman–Crippen LogP) is 2.65. The van der Waals surface area contributed by atoms with E-state index in [-0.39, 0.29) is 0 Å². The van der Waals surface area contributed by atoms with Crippen LogP contribution in [0.1, 0.15) is 11.4 Å². The van der Waals surface area contributed by atoms with Crippen molar-refractivity contribution in [2.45, 2.75) is 13.3 Å². The molecule has 0 amide bonds. The van der Waals surface area contributed by atoms with Gasteiger partial charge in [-0.15, -0.1) is 11.6 Å². The number of benzene rings is 1. The first-order valence-electron chi connectivity index (χ1n) is 4.31. The fraction of sp³-hybridized carbons (Fsp3) is 0.300. The molecular formula is C10H11ClN2. The molecule has 0 fully saturated rings. The van der Waals surface area contributed by atoms with Crippen LogP contribution in [0.25, 0.3) is 11.0 Å². The van der Waals surface area contributed by atoms with E-state index >= 15 is 0 Å². The molecule has 0 radical (unpaired) electrons. The number of nitrogens with one attached hydrogen (secondary N) is 1. The van der Waals surface area contributed by atoms with Crippen LogP contribution in [0.15, 0.2) is 18.2 Å². The zero-order chi connectivity index (χ0) is 9.26. The SMILES string of the molecule is Cc1nc2ccc(CCCl)cc2[nH]1. The molecule has 2 nitrogen and oxygen atoms in total. The number of aromatic amines is 1. The minimum atomic E-state index is 0.665. The molecule has 2 rings (SSSR count). The van der Waals surface area contributed by atoms with Gasteiger partial charge in [-0.2, -0.15) is 0 Å². The maximum atomic E-state index is 5.67. The summed E-state index contributed by atoms with van der Waals surface area (Å²) in [5.41, 5.74) is 3.38. The molecule has 0 saturated heterocycles. The molecule has 0 aliphatic heterocycles. The van der Waals surface area contributed by atoms with E-state index in [1.165, 1.54) is 5.56 Å². The molecule has 0 aliphatic rings. The minimum Gasteiger partial charge on any atom is -0.342 e. The monoisotopic (exact) mass is 194 g/mol. The summed E-state index contributed by atoms with van der Waals surface area (Å²) in [6, 6.07) is 6.21. The van der Waals surface area contributed by atoms with E-state index in [0.29, 0.717) is 5.88 Å². The molecule has 13 heavy (non-hydrogen) atoms. The van der Waals surface area contributed by atoms with Gasteiger partial charge >= 0.3 is 0 Å². The van der Waals surface area contributed by atoms with Crippen LogP contribution >= 0.6 is 11.6 Å². The molecule has 2 aromatic rings. The molecule has 3 heteroatoms. The van der Waals surface area contributed by atoms with Gasteiger partial charge in [-0.25, -0.2) is 4.98 Å². The zero-order valence-electron chi connectivity index (χ0n) is 7.47. The first kappa shape index (κ1) is 8.57.